The van der Waals surface area contributed by atoms with E-state index in [1.165, 1.54) is 30.3 Å². The molecule has 0 heterocycles. The summed E-state index contributed by atoms with van der Waals surface area (Å²) in [6.45, 7) is -0.472. The van der Waals surface area contributed by atoms with E-state index in [4.69, 9.17) is 4.74 Å². The third-order valence-electron chi connectivity index (χ3n) is 2.92. The lowest BCUT2D eigenvalue weighted by Gasteiger charge is -2.10. The van der Waals surface area contributed by atoms with Gasteiger partial charge in [-0.15, -0.1) is 0 Å². The quantitative estimate of drug-likeness (QED) is 0.497. The molecular formula is C14H9Br2N3O6. The zero-order chi connectivity index (χ0) is 18.6. The van der Waals surface area contributed by atoms with Crippen molar-refractivity contribution in [1.29, 1.82) is 0 Å². The van der Waals surface area contributed by atoms with Crippen LogP contribution in [0, 0.1) is 20.2 Å². The Balaban J connectivity index is 2.09. The summed E-state index contributed by atoms with van der Waals surface area (Å²) in [6, 6.07) is 8.15. The van der Waals surface area contributed by atoms with Gasteiger partial charge in [-0.2, -0.15) is 0 Å². The summed E-state index contributed by atoms with van der Waals surface area (Å²) in [6.07, 6.45) is 0. The zero-order valence-corrected chi connectivity index (χ0v) is 15.4. The Morgan fingerprint density at radius 1 is 1.08 bits per heavy atom. The maximum atomic E-state index is 12.0. The lowest BCUT2D eigenvalue weighted by molar-refractivity contribution is -0.385. The largest absolute Gasteiger partial charge is 0.477 e. The molecule has 0 fully saturated rings. The van der Waals surface area contributed by atoms with Crippen LogP contribution >= 0.6 is 31.9 Å². The van der Waals surface area contributed by atoms with Crippen molar-refractivity contribution in [3.8, 4) is 5.75 Å². The highest BCUT2D eigenvalue weighted by Gasteiger charge is 2.18. The number of ether oxygens (including phenoxy) is 1. The number of nitro benzene ring substituents is 2. The molecule has 0 aliphatic carbocycles. The predicted octanol–water partition coefficient (Wildman–Crippen LogP) is 4.05. The number of hydrogen-bond acceptors (Lipinski definition) is 6. The molecular weight excluding hydrogens is 466 g/mol. The van der Waals surface area contributed by atoms with Crippen LogP contribution in [0.4, 0.5) is 17.1 Å². The van der Waals surface area contributed by atoms with Crippen molar-refractivity contribution >= 4 is 54.8 Å². The molecule has 0 spiro atoms. The molecule has 0 saturated carbocycles. The molecule has 0 radical (unpaired) electrons. The fourth-order valence-electron chi connectivity index (χ4n) is 1.83. The highest BCUT2D eigenvalue weighted by Crippen LogP contribution is 2.35. The smallest absolute Gasteiger partial charge is 0.310 e. The molecule has 0 unspecified atom stereocenters. The average Bonchev–Trinajstić information content (AvgIpc) is 2.56. The maximum absolute atomic E-state index is 12.0. The monoisotopic (exact) mass is 473 g/mol. The summed E-state index contributed by atoms with van der Waals surface area (Å²) in [5, 5.41) is 24.2. The van der Waals surface area contributed by atoms with Crippen LogP contribution in [0.15, 0.2) is 45.3 Å². The summed E-state index contributed by atoms with van der Waals surface area (Å²) in [5.74, 6) is -0.627. The first-order valence-electron chi connectivity index (χ1n) is 6.59. The van der Waals surface area contributed by atoms with Crippen molar-refractivity contribution < 1.29 is 19.4 Å². The van der Waals surface area contributed by atoms with Crippen molar-refractivity contribution in [2.75, 3.05) is 11.9 Å². The van der Waals surface area contributed by atoms with Crippen LogP contribution in [0.5, 0.6) is 5.75 Å². The molecule has 0 aliphatic heterocycles. The first kappa shape index (κ1) is 18.8. The molecule has 0 bridgehead atoms. The van der Waals surface area contributed by atoms with Gasteiger partial charge in [-0.05, 0) is 37.9 Å². The van der Waals surface area contributed by atoms with Gasteiger partial charge in [0, 0.05) is 27.1 Å². The number of halogens is 2. The minimum absolute atomic E-state index is 0.0375. The van der Waals surface area contributed by atoms with Crippen LogP contribution in [-0.4, -0.2) is 22.4 Å². The van der Waals surface area contributed by atoms with Gasteiger partial charge in [0.05, 0.1) is 15.5 Å². The average molecular weight is 475 g/mol. The van der Waals surface area contributed by atoms with E-state index in [0.717, 1.165) is 0 Å². The van der Waals surface area contributed by atoms with Crippen molar-refractivity contribution in [3.63, 3.8) is 0 Å². The molecule has 2 aromatic rings. The number of nitrogens with zero attached hydrogens (tertiary/aromatic N) is 2. The molecule has 25 heavy (non-hydrogen) atoms. The van der Waals surface area contributed by atoms with E-state index in [9.17, 15) is 25.0 Å². The number of amides is 1. The molecule has 2 aromatic carbocycles. The van der Waals surface area contributed by atoms with Crippen molar-refractivity contribution in [2.24, 2.45) is 0 Å². The number of rotatable bonds is 6. The number of carbonyl (C=O) groups is 1. The highest BCUT2D eigenvalue weighted by molar-refractivity contribution is 9.11. The summed E-state index contributed by atoms with van der Waals surface area (Å²) < 4.78 is 5.78. The zero-order valence-electron chi connectivity index (χ0n) is 12.3. The Bertz CT molecular complexity index is 835. The minimum Gasteiger partial charge on any atom is -0.477 e. The fraction of sp³-hybridized carbons (Fsp3) is 0.0714. The van der Waals surface area contributed by atoms with Crippen LogP contribution < -0.4 is 10.1 Å². The van der Waals surface area contributed by atoms with Crippen LogP contribution in [0.2, 0.25) is 0 Å². The number of nitrogens with one attached hydrogen (secondary N) is 1. The van der Waals surface area contributed by atoms with Gasteiger partial charge in [-0.25, -0.2) is 0 Å². The van der Waals surface area contributed by atoms with Gasteiger partial charge in [0.25, 0.3) is 11.6 Å². The van der Waals surface area contributed by atoms with E-state index in [1.807, 2.05) is 0 Å². The lowest BCUT2D eigenvalue weighted by Crippen LogP contribution is -2.21. The van der Waals surface area contributed by atoms with Crippen LogP contribution in [0.1, 0.15) is 0 Å². The van der Waals surface area contributed by atoms with E-state index in [1.54, 1.807) is 6.07 Å². The van der Waals surface area contributed by atoms with E-state index in [0.29, 0.717) is 8.95 Å². The third kappa shape index (κ3) is 4.73. The second kappa shape index (κ2) is 8.03. The van der Waals surface area contributed by atoms with Crippen LogP contribution in [0.25, 0.3) is 0 Å². The Kier molecular flexibility index (Phi) is 6.04. The number of benzene rings is 2. The third-order valence-corrected chi connectivity index (χ3v) is 4.17. The van der Waals surface area contributed by atoms with E-state index in [-0.39, 0.29) is 22.8 Å². The van der Waals surface area contributed by atoms with Gasteiger partial charge >= 0.3 is 5.69 Å². The summed E-state index contributed by atoms with van der Waals surface area (Å²) in [5.41, 5.74) is -0.136. The topological polar surface area (TPSA) is 125 Å². The van der Waals surface area contributed by atoms with Gasteiger partial charge in [-0.1, -0.05) is 12.1 Å². The van der Waals surface area contributed by atoms with Crippen LogP contribution in [0.3, 0.4) is 0 Å². The summed E-state index contributed by atoms with van der Waals surface area (Å²) in [4.78, 5) is 32.5. The van der Waals surface area contributed by atoms with Crippen LogP contribution in [-0.2, 0) is 4.79 Å². The number of hydrogen-bond donors (Lipinski definition) is 1. The SMILES string of the molecule is O=C(COc1ccccc1[N+](=O)[O-])Nc1c(Br)cc([N+](=O)[O-])cc1Br. The Hall–Kier alpha value is -2.53. The molecule has 0 saturated heterocycles. The lowest BCUT2D eigenvalue weighted by atomic mass is 10.3. The normalized spacial score (nSPS) is 10.2. The van der Waals surface area contributed by atoms with E-state index in [2.05, 4.69) is 37.2 Å². The minimum atomic E-state index is -0.614. The maximum Gasteiger partial charge on any atom is 0.310 e. The number of nitro groups is 2. The second-order valence-electron chi connectivity index (χ2n) is 4.60. The van der Waals surface area contributed by atoms with Gasteiger partial charge in [0.2, 0.25) is 0 Å². The predicted molar refractivity (Wildman–Crippen MR) is 95.7 cm³/mol. The Morgan fingerprint density at radius 3 is 2.24 bits per heavy atom. The van der Waals surface area contributed by atoms with Gasteiger partial charge in [-0.3, -0.25) is 25.0 Å². The summed E-state index contributed by atoms with van der Waals surface area (Å²) >= 11 is 6.28. The van der Waals surface area contributed by atoms with Gasteiger partial charge in [0.1, 0.15) is 0 Å². The number of non-ortho nitro benzene ring substituents is 1. The standard InChI is InChI=1S/C14H9Br2N3O6/c15-9-5-8(18(21)22)6-10(16)14(9)17-13(20)7-25-12-4-2-1-3-11(12)19(23)24/h1-6H,7H2,(H,17,20). The molecule has 130 valence electrons. The summed E-state index contributed by atoms with van der Waals surface area (Å²) in [7, 11) is 0. The highest BCUT2D eigenvalue weighted by atomic mass is 79.9. The molecule has 0 aromatic heterocycles. The molecule has 0 atom stereocenters. The molecule has 9 nitrogen and oxygen atoms in total. The first-order valence-corrected chi connectivity index (χ1v) is 8.17. The van der Waals surface area contributed by atoms with Crippen molar-refractivity contribution in [2.45, 2.75) is 0 Å². The van der Waals surface area contributed by atoms with Crippen molar-refractivity contribution in [1.82, 2.24) is 0 Å². The second-order valence-corrected chi connectivity index (χ2v) is 6.31. The Morgan fingerprint density at radius 2 is 1.68 bits per heavy atom. The van der Waals surface area contributed by atoms with Gasteiger partial charge in [0.15, 0.2) is 12.4 Å². The molecule has 0 aliphatic rings. The van der Waals surface area contributed by atoms with E-state index >= 15 is 0 Å². The number of anilines is 1. The first-order chi connectivity index (χ1) is 11.8. The number of carbonyl (C=O) groups excluding carboxylic acids is 1. The number of para-hydroxylation sites is 2. The molecule has 11 heteroatoms. The molecule has 1 amide bonds. The molecule has 2 rings (SSSR count). The Labute approximate surface area is 157 Å². The van der Waals surface area contributed by atoms with Crippen molar-refractivity contribution in [3.05, 3.63) is 65.6 Å². The fourth-order valence-corrected chi connectivity index (χ4v) is 3.19. The van der Waals surface area contributed by atoms with E-state index < -0.39 is 22.4 Å². The van der Waals surface area contributed by atoms with Gasteiger partial charge < -0.3 is 10.1 Å². The molecule has 1 N–H and O–H groups in total.